The van der Waals surface area contributed by atoms with Crippen molar-refractivity contribution in [3.63, 3.8) is 0 Å². The maximum atomic E-state index is 12.8. The number of nitrogens with zero attached hydrogens (tertiary/aromatic N) is 1. The minimum absolute atomic E-state index is 0.0689. The van der Waals surface area contributed by atoms with Crippen LogP contribution in [0.15, 0.2) is 71.1 Å². The van der Waals surface area contributed by atoms with Crippen LogP contribution in [0.3, 0.4) is 0 Å². The van der Waals surface area contributed by atoms with Gasteiger partial charge in [-0.15, -0.1) is 22.7 Å². The molecule has 0 aliphatic heterocycles. The molecule has 2 aromatic carbocycles. The third-order valence-electron chi connectivity index (χ3n) is 5.73. The zero-order chi connectivity index (χ0) is 29.0. The van der Waals surface area contributed by atoms with Gasteiger partial charge in [0.25, 0.3) is 11.8 Å². The fourth-order valence-electron chi connectivity index (χ4n) is 3.63. The summed E-state index contributed by atoms with van der Waals surface area (Å²) in [5.74, 6) is -1.81. The Hall–Kier alpha value is -4.49. The molecule has 2 aromatic heterocycles. The van der Waals surface area contributed by atoms with Crippen molar-refractivity contribution in [1.82, 2.24) is 10.7 Å². The molecule has 13 heteroatoms. The molecule has 0 aliphatic rings. The molecule has 8 nitrogen and oxygen atoms in total. The Labute approximate surface area is 234 Å². The molecule has 0 fully saturated rings. The maximum Gasteiger partial charge on any atom is 0.416 e. The van der Waals surface area contributed by atoms with Gasteiger partial charge in [0.1, 0.15) is 5.75 Å². The lowest BCUT2D eigenvalue weighted by Crippen LogP contribution is -2.24. The van der Waals surface area contributed by atoms with E-state index in [0.717, 1.165) is 34.8 Å². The first kappa shape index (κ1) is 28.5. The highest BCUT2D eigenvalue weighted by molar-refractivity contribution is 7.16. The van der Waals surface area contributed by atoms with E-state index >= 15 is 0 Å². The Morgan fingerprint density at radius 2 is 1.60 bits per heavy atom. The van der Waals surface area contributed by atoms with Gasteiger partial charge in [-0.05, 0) is 48.4 Å². The summed E-state index contributed by atoms with van der Waals surface area (Å²) >= 11 is 2.06. The van der Waals surface area contributed by atoms with Gasteiger partial charge in [0, 0.05) is 17.5 Å². The molecule has 4 aromatic rings. The fraction of sp³-hybridized carbons (Fsp3) is 0.111. The van der Waals surface area contributed by atoms with Gasteiger partial charge in [0.15, 0.2) is 0 Å². The summed E-state index contributed by atoms with van der Waals surface area (Å²) in [7, 11) is 0. The van der Waals surface area contributed by atoms with E-state index in [0.29, 0.717) is 27.1 Å². The summed E-state index contributed by atoms with van der Waals surface area (Å²) in [6.45, 7) is 1.62. The number of thiophene rings is 2. The molecule has 0 saturated heterocycles. The number of hydrazone groups is 1. The lowest BCUT2D eigenvalue weighted by molar-refractivity contribution is -0.137. The normalized spacial score (nSPS) is 11.8. The van der Waals surface area contributed by atoms with Crippen molar-refractivity contribution in [2.45, 2.75) is 19.6 Å². The summed E-state index contributed by atoms with van der Waals surface area (Å²) in [6, 6.07) is 14.0. The van der Waals surface area contributed by atoms with E-state index in [9.17, 15) is 32.7 Å². The molecular formula is C27H21F3N4O4S2. The number of carbonyl (C=O) groups excluding carboxylic acids is 3. The fourth-order valence-corrected chi connectivity index (χ4v) is 5.46. The molecule has 4 rings (SSSR count). The Morgan fingerprint density at radius 1 is 0.950 bits per heavy atom. The first-order valence-corrected chi connectivity index (χ1v) is 13.2. The van der Waals surface area contributed by atoms with Gasteiger partial charge >= 0.3 is 6.18 Å². The van der Waals surface area contributed by atoms with Crippen molar-refractivity contribution in [3.8, 4) is 16.2 Å². The number of alkyl halides is 3. The van der Waals surface area contributed by atoms with E-state index in [4.69, 9.17) is 5.73 Å². The topological polar surface area (TPSA) is 134 Å². The maximum absolute atomic E-state index is 12.8. The van der Waals surface area contributed by atoms with Crippen molar-refractivity contribution in [3.05, 3.63) is 98.1 Å². The van der Waals surface area contributed by atoms with Crippen molar-refractivity contribution in [2.24, 2.45) is 10.8 Å². The van der Waals surface area contributed by atoms with Crippen LogP contribution in [0.4, 0.5) is 13.2 Å². The van der Waals surface area contributed by atoms with Gasteiger partial charge in [-0.1, -0.05) is 30.3 Å². The summed E-state index contributed by atoms with van der Waals surface area (Å²) in [4.78, 5) is 37.5. The molecule has 40 heavy (non-hydrogen) atoms. The van der Waals surface area contributed by atoms with Crippen molar-refractivity contribution in [2.75, 3.05) is 0 Å². The van der Waals surface area contributed by atoms with E-state index in [1.807, 2.05) is 0 Å². The highest BCUT2D eigenvalue weighted by Gasteiger charge is 2.30. The Balaban J connectivity index is 1.39. The standard InChI is InChI=1S/C27H21F3N4O4S2/c1-14(19-13-39-23(22(19)35)15-6-8-17(9-7-15)27(28,29)30)33-34-26(38)21-11-10-20(40-21)25(37)32-12-16-4-2-3-5-18(16)24(31)36/h2-11,13,35H,12H2,1H3,(H2,31,36)(H,32,37)(H,34,38). The van der Waals surface area contributed by atoms with Crippen LogP contribution in [0.2, 0.25) is 0 Å². The van der Waals surface area contributed by atoms with Crippen LogP contribution in [-0.4, -0.2) is 28.5 Å². The lowest BCUT2D eigenvalue weighted by Gasteiger charge is -2.07. The van der Waals surface area contributed by atoms with Crippen LogP contribution in [0.5, 0.6) is 5.75 Å². The number of rotatable bonds is 8. The Morgan fingerprint density at radius 3 is 2.25 bits per heavy atom. The number of nitrogens with one attached hydrogen (secondary N) is 2. The first-order chi connectivity index (χ1) is 19.0. The second kappa shape index (κ2) is 11.7. The van der Waals surface area contributed by atoms with E-state index in [2.05, 4.69) is 15.8 Å². The minimum Gasteiger partial charge on any atom is -0.506 e. The van der Waals surface area contributed by atoms with Crippen LogP contribution in [0.25, 0.3) is 10.4 Å². The van der Waals surface area contributed by atoms with Crippen LogP contribution in [-0.2, 0) is 12.7 Å². The molecule has 0 unspecified atom stereocenters. The average molecular weight is 587 g/mol. The highest BCUT2D eigenvalue weighted by atomic mass is 32.1. The first-order valence-electron chi connectivity index (χ1n) is 11.5. The number of aromatic hydroxyl groups is 1. The number of benzene rings is 2. The summed E-state index contributed by atoms with van der Waals surface area (Å²) in [6.07, 6.45) is -4.46. The number of hydrogen-bond acceptors (Lipinski definition) is 7. The van der Waals surface area contributed by atoms with E-state index < -0.39 is 29.5 Å². The molecular weight excluding hydrogens is 565 g/mol. The van der Waals surface area contributed by atoms with E-state index in [1.165, 1.54) is 24.3 Å². The molecule has 0 bridgehead atoms. The lowest BCUT2D eigenvalue weighted by atomic mass is 10.1. The summed E-state index contributed by atoms with van der Waals surface area (Å²) in [5.41, 5.74) is 8.77. The average Bonchev–Trinajstić information content (AvgIpc) is 3.57. The van der Waals surface area contributed by atoms with Crippen LogP contribution < -0.4 is 16.5 Å². The molecule has 0 radical (unpaired) electrons. The molecule has 0 aliphatic carbocycles. The van der Waals surface area contributed by atoms with Crippen molar-refractivity contribution in [1.29, 1.82) is 0 Å². The minimum atomic E-state index is -4.46. The molecule has 3 amide bonds. The number of amides is 3. The zero-order valence-electron chi connectivity index (χ0n) is 20.7. The smallest absolute Gasteiger partial charge is 0.416 e. The SMILES string of the molecule is CC(=NNC(=O)c1ccc(C(=O)NCc2ccccc2C(N)=O)s1)c1csc(-c2ccc(C(F)(F)F)cc2)c1O. The molecule has 0 saturated carbocycles. The molecule has 5 N–H and O–H groups in total. The third-order valence-corrected chi connectivity index (χ3v) is 7.83. The largest absolute Gasteiger partial charge is 0.506 e. The number of primary amides is 1. The second-order valence-corrected chi connectivity index (χ2v) is 10.4. The van der Waals surface area contributed by atoms with Crippen molar-refractivity contribution >= 4 is 46.1 Å². The number of nitrogens with two attached hydrogens (primary N) is 1. The molecule has 0 spiro atoms. The predicted octanol–water partition coefficient (Wildman–Crippen LogP) is 5.38. The predicted molar refractivity (Wildman–Crippen MR) is 147 cm³/mol. The van der Waals surface area contributed by atoms with Crippen LogP contribution in [0.1, 0.15) is 53.3 Å². The quantitative estimate of drug-likeness (QED) is 0.163. The van der Waals surface area contributed by atoms with Gasteiger partial charge in [0.05, 0.1) is 31.5 Å². The van der Waals surface area contributed by atoms with Crippen molar-refractivity contribution < 1.29 is 32.7 Å². The van der Waals surface area contributed by atoms with Gasteiger partial charge in [-0.25, -0.2) is 5.43 Å². The number of hydrogen-bond donors (Lipinski definition) is 4. The second-order valence-electron chi connectivity index (χ2n) is 8.41. The summed E-state index contributed by atoms with van der Waals surface area (Å²) in [5, 5.41) is 18.9. The molecule has 206 valence electrons. The zero-order valence-corrected chi connectivity index (χ0v) is 22.3. The van der Waals surface area contributed by atoms with Crippen LogP contribution >= 0.6 is 22.7 Å². The third kappa shape index (κ3) is 6.38. The van der Waals surface area contributed by atoms with Gasteiger partial charge < -0.3 is 16.2 Å². The van der Waals surface area contributed by atoms with E-state index in [-0.39, 0.29) is 27.8 Å². The number of halogens is 3. The number of carbonyl (C=O) groups is 3. The molecule has 0 atom stereocenters. The summed E-state index contributed by atoms with van der Waals surface area (Å²) < 4.78 is 38.5. The van der Waals surface area contributed by atoms with Gasteiger partial charge in [0.2, 0.25) is 5.91 Å². The van der Waals surface area contributed by atoms with E-state index in [1.54, 1.807) is 36.6 Å². The van der Waals surface area contributed by atoms with Gasteiger partial charge in [-0.3, -0.25) is 14.4 Å². The Kier molecular flexibility index (Phi) is 8.35. The molecule has 2 heterocycles. The Bertz CT molecular complexity index is 1610. The monoisotopic (exact) mass is 586 g/mol. The van der Waals surface area contributed by atoms with Crippen LogP contribution in [0, 0.1) is 0 Å². The highest BCUT2D eigenvalue weighted by Crippen LogP contribution is 2.40. The van der Waals surface area contributed by atoms with Gasteiger partial charge in [-0.2, -0.15) is 18.3 Å².